The van der Waals surface area contributed by atoms with E-state index >= 15 is 0 Å². The van der Waals surface area contributed by atoms with Crippen LogP contribution in [-0.4, -0.2) is 47.4 Å². The summed E-state index contributed by atoms with van der Waals surface area (Å²) in [6.45, 7) is 2.57. The van der Waals surface area contributed by atoms with Crippen molar-refractivity contribution in [1.29, 1.82) is 0 Å². The molecule has 32 heavy (non-hydrogen) atoms. The van der Waals surface area contributed by atoms with Gasteiger partial charge in [-0.05, 0) is 50.2 Å². The van der Waals surface area contributed by atoms with Crippen LogP contribution >= 0.6 is 23.4 Å². The number of para-hydroxylation sites is 1. The Morgan fingerprint density at radius 3 is 2.47 bits per heavy atom. The molecule has 0 spiro atoms. The van der Waals surface area contributed by atoms with Gasteiger partial charge in [-0.15, -0.1) is 0 Å². The third kappa shape index (κ3) is 6.02. The van der Waals surface area contributed by atoms with Gasteiger partial charge >= 0.3 is 12.0 Å². The highest BCUT2D eigenvalue weighted by atomic mass is 35.5. The fourth-order valence-corrected chi connectivity index (χ4v) is 3.94. The molecule has 0 atom stereocenters. The first-order chi connectivity index (χ1) is 15.2. The van der Waals surface area contributed by atoms with Crippen LogP contribution in [0.5, 0.6) is 0 Å². The standard InChI is InChI=1S/C22H22ClN3O5S/c1-22(2)20(29)26(21(30)25-22)12-11-19(28)31-13-18(27)24-16-5-3-4-6-17(16)32-15-9-7-14(23)8-10-15/h3-10H,11-13H2,1-2H3,(H,24,27)(H,25,30). The number of halogens is 1. The second kappa shape index (κ2) is 10.1. The van der Waals surface area contributed by atoms with Crippen LogP contribution in [0.1, 0.15) is 20.3 Å². The lowest BCUT2D eigenvalue weighted by Crippen LogP contribution is -2.40. The molecule has 10 heteroatoms. The minimum atomic E-state index is -1.00. The van der Waals surface area contributed by atoms with E-state index < -0.39 is 36.0 Å². The number of hydrogen-bond donors (Lipinski definition) is 2. The third-order valence-corrected chi connectivity index (χ3v) is 5.89. The van der Waals surface area contributed by atoms with Crippen LogP contribution < -0.4 is 10.6 Å². The summed E-state index contributed by atoms with van der Waals surface area (Å²) in [4.78, 5) is 50.9. The zero-order chi connectivity index (χ0) is 23.3. The molecule has 2 aromatic carbocycles. The van der Waals surface area contributed by atoms with Crippen molar-refractivity contribution in [3.05, 3.63) is 53.6 Å². The Morgan fingerprint density at radius 2 is 1.81 bits per heavy atom. The molecule has 1 fully saturated rings. The summed E-state index contributed by atoms with van der Waals surface area (Å²) in [5.74, 6) is -1.60. The van der Waals surface area contributed by atoms with E-state index in [1.54, 1.807) is 38.1 Å². The number of urea groups is 1. The molecule has 168 valence electrons. The lowest BCUT2D eigenvalue weighted by Gasteiger charge is -2.15. The Kier molecular flexibility index (Phi) is 7.42. The molecule has 4 amide bonds. The largest absolute Gasteiger partial charge is 0.456 e. The molecule has 2 N–H and O–H groups in total. The van der Waals surface area contributed by atoms with Crippen molar-refractivity contribution in [1.82, 2.24) is 10.2 Å². The number of carbonyl (C=O) groups is 4. The van der Waals surface area contributed by atoms with E-state index in [4.69, 9.17) is 16.3 Å². The van der Waals surface area contributed by atoms with Crippen LogP contribution in [0.15, 0.2) is 58.3 Å². The summed E-state index contributed by atoms with van der Waals surface area (Å²) in [6.07, 6.45) is -0.203. The molecule has 1 aliphatic rings. The molecular formula is C22H22ClN3O5S. The number of nitrogens with one attached hydrogen (secondary N) is 2. The summed E-state index contributed by atoms with van der Waals surface area (Å²) >= 11 is 7.37. The van der Waals surface area contributed by atoms with E-state index in [0.717, 1.165) is 14.7 Å². The van der Waals surface area contributed by atoms with Gasteiger partial charge in [0.05, 0.1) is 12.1 Å². The van der Waals surface area contributed by atoms with E-state index in [9.17, 15) is 19.2 Å². The number of rotatable bonds is 8. The quantitative estimate of drug-likeness (QED) is 0.445. The van der Waals surface area contributed by atoms with Crippen LogP contribution in [0.4, 0.5) is 10.5 Å². The highest BCUT2D eigenvalue weighted by Gasteiger charge is 2.44. The summed E-state index contributed by atoms with van der Waals surface area (Å²) in [5.41, 5.74) is -0.423. The van der Waals surface area contributed by atoms with Gasteiger partial charge < -0.3 is 15.4 Å². The number of imide groups is 1. The maximum Gasteiger partial charge on any atom is 0.325 e. The first-order valence-electron chi connectivity index (χ1n) is 9.78. The van der Waals surface area contributed by atoms with Gasteiger partial charge in [-0.1, -0.05) is 35.5 Å². The molecule has 0 radical (unpaired) electrons. The van der Waals surface area contributed by atoms with Crippen molar-refractivity contribution in [2.24, 2.45) is 0 Å². The first kappa shape index (κ1) is 23.6. The Balaban J connectivity index is 1.49. The average molecular weight is 476 g/mol. The second-order valence-corrected chi connectivity index (χ2v) is 9.07. The zero-order valence-electron chi connectivity index (χ0n) is 17.5. The average Bonchev–Trinajstić information content (AvgIpc) is 2.94. The molecule has 0 aromatic heterocycles. The molecule has 1 aliphatic heterocycles. The topological polar surface area (TPSA) is 105 Å². The number of esters is 1. The van der Waals surface area contributed by atoms with Crippen molar-refractivity contribution in [3.8, 4) is 0 Å². The number of anilines is 1. The Bertz CT molecular complexity index is 1040. The third-order valence-electron chi connectivity index (χ3n) is 4.55. The fourth-order valence-electron chi connectivity index (χ4n) is 2.92. The monoisotopic (exact) mass is 475 g/mol. The van der Waals surface area contributed by atoms with E-state index in [1.165, 1.54) is 11.8 Å². The van der Waals surface area contributed by atoms with Crippen LogP contribution in [0.25, 0.3) is 0 Å². The van der Waals surface area contributed by atoms with Crippen LogP contribution in [0.3, 0.4) is 0 Å². The predicted octanol–water partition coefficient (Wildman–Crippen LogP) is 3.69. The molecule has 8 nitrogen and oxygen atoms in total. The van der Waals surface area contributed by atoms with Crippen LogP contribution in [0, 0.1) is 0 Å². The highest BCUT2D eigenvalue weighted by Crippen LogP contribution is 2.33. The SMILES string of the molecule is CC1(C)NC(=O)N(CCC(=O)OCC(=O)Nc2ccccc2Sc2ccc(Cl)cc2)C1=O. The summed E-state index contributed by atoms with van der Waals surface area (Å²) in [7, 11) is 0. The van der Waals surface area contributed by atoms with Gasteiger partial charge in [0.25, 0.3) is 11.8 Å². The molecule has 2 aromatic rings. The van der Waals surface area contributed by atoms with Gasteiger partial charge in [0.2, 0.25) is 0 Å². The zero-order valence-corrected chi connectivity index (χ0v) is 19.1. The highest BCUT2D eigenvalue weighted by molar-refractivity contribution is 7.99. The molecule has 0 bridgehead atoms. The second-order valence-electron chi connectivity index (χ2n) is 7.52. The Hall–Kier alpha value is -3.04. The minimum absolute atomic E-state index is 0.116. The van der Waals surface area contributed by atoms with Crippen molar-refractivity contribution < 1.29 is 23.9 Å². The predicted molar refractivity (Wildman–Crippen MR) is 121 cm³/mol. The van der Waals surface area contributed by atoms with E-state index in [0.29, 0.717) is 10.7 Å². The molecule has 3 rings (SSSR count). The maximum atomic E-state index is 12.3. The van der Waals surface area contributed by atoms with Gasteiger partial charge in [0, 0.05) is 21.4 Å². The first-order valence-corrected chi connectivity index (χ1v) is 11.0. The molecule has 1 heterocycles. The summed E-state index contributed by atoms with van der Waals surface area (Å²) in [5, 5.41) is 5.90. The summed E-state index contributed by atoms with van der Waals surface area (Å²) < 4.78 is 4.99. The summed E-state index contributed by atoms with van der Waals surface area (Å²) in [6, 6.07) is 14.0. The molecule has 1 saturated heterocycles. The van der Waals surface area contributed by atoms with E-state index in [2.05, 4.69) is 10.6 Å². The lowest BCUT2D eigenvalue weighted by atomic mass is 10.1. The number of ether oxygens (including phenoxy) is 1. The maximum absolute atomic E-state index is 12.3. The van der Waals surface area contributed by atoms with Crippen LogP contribution in [0.2, 0.25) is 5.02 Å². The fraction of sp³-hybridized carbons (Fsp3) is 0.273. The van der Waals surface area contributed by atoms with Gasteiger partial charge in [-0.3, -0.25) is 19.3 Å². The Labute approximate surface area is 194 Å². The normalized spacial score (nSPS) is 14.8. The number of hydrogen-bond acceptors (Lipinski definition) is 6. The molecule has 0 aliphatic carbocycles. The number of carbonyl (C=O) groups excluding carboxylic acids is 4. The smallest absolute Gasteiger partial charge is 0.325 e. The molecular weight excluding hydrogens is 454 g/mol. The molecule has 0 saturated carbocycles. The minimum Gasteiger partial charge on any atom is -0.456 e. The van der Waals surface area contributed by atoms with Crippen molar-refractivity contribution in [3.63, 3.8) is 0 Å². The van der Waals surface area contributed by atoms with E-state index in [-0.39, 0.29) is 13.0 Å². The molecule has 0 unspecified atom stereocenters. The van der Waals surface area contributed by atoms with Gasteiger partial charge in [-0.25, -0.2) is 4.79 Å². The Morgan fingerprint density at radius 1 is 1.12 bits per heavy atom. The van der Waals surface area contributed by atoms with Crippen molar-refractivity contribution in [2.75, 3.05) is 18.5 Å². The number of amides is 4. The van der Waals surface area contributed by atoms with Crippen molar-refractivity contribution in [2.45, 2.75) is 35.6 Å². The van der Waals surface area contributed by atoms with E-state index in [1.807, 2.05) is 24.3 Å². The van der Waals surface area contributed by atoms with Crippen molar-refractivity contribution >= 4 is 52.9 Å². The number of benzene rings is 2. The lowest BCUT2D eigenvalue weighted by molar-refractivity contribution is -0.147. The van der Waals surface area contributed by atoms with Gasteiger partial charge in [0.1, 0.15) is 5.54 Å². The van der Waals surface area contributed by atoms with Gasteiger partial charge in [0.15, 0.2) is 6.61 Å². The van der Waals surface area contributed by atoms with Crippen LogP contribution in [-0.2, 0) is 19.1 Å². The van der Waals surface area contributed by atoms with Gasteiger partial charge in [-0.2, -0.15) is 0 Å². The number of nitrogens with zero attached hydrogens (tertiary/aromatic N) is 1.